The van der Waals surface area contributed by atoms with Crippen LogP contribution in [0.1, 0.15) is 30.3 Å². The number of amides is 1. The van der Waals surface area contributed by atoms with Crippen LogP contribution in [-0.4, -0.2) is 32.8 Å². The molecule has 2 N–H and O–H groups in total. The summed E-state index contributed by atoms with van der Waals surface area (Å²) in [5.74, 6) is -1.62. The normalized spacial score (nSPS) is 11.9. The maximum absolute atomic E-state index is 12.9. The predicted molar refractivity (Wildman–Crippen MR) is 77.3 cm³/mol. The number of carboxylic acids is 1. The summed E-state index contributed by atoms with van der Waals surface area (Å²) in [5, 5.41) is 15.4. The second-order valence-electron chi connectivity index (χ2n) is 4.93. The van der Waals surface area contributed by atoms with E-state index in [0.29, 0.717) is 12.1 Å². The van der Waals surface area contributed by atoms with Crippen molar-refractivity contribution in [3.8, 4) is 5.69 Å². The lowest BCUT2D eigenvalue weighted by molar-refractivity contribution is -0.137. The fraction of sp³-hybridized carbons (Fsp3) is 0.267. The van der Waals surface area contributed by atoms with Crippen molar-refractivity contribution >= 4 is 11.9 Å². The first-order valence-corrected chi connectivity index (χ1v) is 6.80. The van der Waals surface area contributed by atoms with Gasteiger partial charge in [-0.2, -0.15) is 5.10 Å². The smallest absolute Gasteiger partial charge is 0.303 e. The number of carboxylic acid groups (broad SMARTS) is 1. The predicted octanol–water partition coefficient (Wildman–Crippen LogP) is 1.99. The minimum atomic E-state index is -0.901. The molecule has 116 valence electrons. The van der Waals surface area contributed by atoms with Gasteiger partial charge in [-0.25, -0.2) is 9.07 Å². The van der Waals surface area contributed by atoms with Crippen LogP contribution in [0, 0.1) is 5.82 Å². The monoisotopic (exact) mass is 305 g/mol. The summed E-state index contributed by atoms with van der Waals surface area (Å²) in [7, 11) is 0. The van der Waals surface area contributed by atoms with Gasteiger partial charge >= 0.3 is 5.97 Å². The van der Waals surface area contributed by atoms with Crippen LogP contribution in [0.2, 0.25) is 0 Å². The van der Waals surface area contributed by atoms with Gasteiger partial charge in [0.15, 0.2) is 5.69 Å². The molecule has 1 amide bonds. The van der Waals surface area contributed by atoms with E-state index < -0.39 is 5.97 Å². The zero-order chi connectivity index (χ0) is 16.1. The van der Waals surface area contributed by atoms with Gasteiger partial charge in [-0.05, 0) is 43.7 Å². The Morgan fingerprint density at radius 3 is 2.64 bits per heavy atom. The summed E-state index contributed by atoms with van der Waals surface area (Å²) >= 11 is 0. The van der Waals surface area contributed by atoms with Crippen LogP contribution in [0.25, 0.3) is 5.69 Å². The van der Waals surface area contributed by atoms with Crippen molar-refractivity contribution in [2.45, 2.75) is 25.8 Å². The summed E-state index contributed by atoms with van der Waals surface area (Å²) in [6, 6.07) is 7.01. The molecule has 0 aliphatic carbocycles. The topological polar surface area (TPSA) is 84.2 Å². The van der Waals surface area contributed by atoms with Crippen molar-refractivity contribution < 1.29 is 19.1 Å². The van der Waals surface area contributed by atoms with Crippen molar-refractivity contribution in [1.82, 2.24) is 15.1 Å². The van der Waals surface area contributed by atoms with E-state index in [-0.39, 0.29) is 29.9 Å². The van der Waals surface area contributed by atoms with Crippen LogP contribution >= 0.6 is 0 Å². The number of benzene rings is 1. The van der Waals surface area contributed by atoms with Crippen LogP contribution in [0.5, 0.6) is 0 Å². The van der Waals surface area contributed by atoms with Gasteiger partial charge in [0.2, 0.25) is 0 Å². The zero-order valence-corrected chi connectivity index (χ0v) is 12.0. The maximum Gasteiger partial charge on any atom is 0.303 e. The van der Waals surface area contributed by atoms with Crippen molar-refractivity contribution in [3.05, 3.63) is 48.0 Å². The summed E-state index contributed by atoms with van der Waals surface area (Å²) in [6.07, 6.45) is 1.94. The number of hydrogen-bond donors (Lipinski definition) is 2. The Labute approximate surface area is 126 Å². The fourth-order valence-electron chi connectivity index (χ4n) is 1.89. The van der Waals surface area contributed by atoms with E-state index in [2.05, 4.69) is 10.4 Å². The fourth-order valence-corrected chi connectivity index (χ4v) is 1.89. The first-order valence-electron chi connectivity index (χ1n) is 6.80. The SMILES string of the molecule is CC(CCC(=O)O)NC(=O)c1ccn(-c2ccc(F)cc2)n1. The minimum absolute atomic E-state index is 0.00847. The van der Waals surface area contributed by atoms with Gasteiger partial charge in [0.1, 0.15) is 5.82 Å². The van der Waals surface area contributed by atoms with E-state index in [1.54, 1.807) is 31.3 Å². The molecule has 2 aromatic rings. The Balaban J connectivity index is 2.00. The second-order valence-corrected chi connectivity index (χ2v) is 4.93. The number of rotatable bonds is 6. The number of carbonyl (C=O) groups is 2. The number of nitrogens with one attached hydrogen (secondary N) is 1. The third kappa shape index (κ3) is 4.15. The average molecular weight is 305 g/mol. The van der Waals surface area contributed by atoms with E-state index >= 15 is 0 Å². The molecule has 22 heavy (non-hydrogen) atoms. The minimum Gasteiger partial charge on any atom is -0.481 e. The molecule has 0 fully saturated rings. The first kappa shape index (κ1) is 15.7. The molecule has 0 radical (unpaired) electrons. The molecule has 2 rings (SSSR count). The van der Waals surface area contributed by atoms with Gasteiger partial charge in [0.05, 0.1) is 5.69 Å². The molecular formula is C15H16FN3O3. The first-order chi connectivity index (χ1) is 10.5. The lowest BCUT2D eigenvalue weighted by Crippen LogP contribution is -2.33. The van der Waals surface area contributed by atoms with Crippen LogP contribution in [0.3, 0.4) is 0 Å². The highest BCUT2D eigenvalue weighted by Crippen LogP contribution is 2.09. The number of aromatic nitrogens is 2. The Kier molecular flexibility index (Phi) is 4.88. The van der Waals surface area contributed by atoms with Crippen molar-refractivity contribution in [2.24, 2.45) is 0 Å². The molecule has 1 heterocycles. The maximum atomic E-state index is 12.9. The number of aliphatic carboxylic acids is 1. The lowest BCUT2D eigenvalue weighted by Gasteiger charge is -2.11. The molecule has 1 aromatic heterocycles. The molecule has 0 saturated carbocycles. The van der Waals surface area contributed by atoms with Crippen molar-refractivity contribution in [1.29, 1.82) is 0 Å². The third-order valence-electron chi connectivity index (χ3n) is 3.08. The van der Waals surface area contributed by atoms with Crippen molar-refractivity contribution in [3.63, 3.8) is 0 Å². The number of nitrogens with zero attached hydrogens (tertiary/aromatic N) is 2. The Bertz CT molecular complexity index is 667. The standard InChI is InChI=1S/C15H16FN3O3/c1-10(2-7-14(20)21)17-15(22)13-8-9-19(18-13)12-5-3-11(16)4-6-12/h3-6,8-10H,2,7H2,1H3,(H,17,22)(H,20,21). The van der Waals surface area contributed by atoms with Gasteiger partial charge in [-0.1, -0.05) is 0 Å². The molecular weight excluding hydrogens is 289 g/mol. The van der Waals surface area contributed by atoms with Gasteiger partial charge in [-0.15, -0.1) is 0 Å². The van der Waals surface area contributed by atoms with Gasteiger partial charge in [-0.3, -0.25) is 9.59 Å². The van der Waals surface area contributed by atoms with E-state index in [0.717, 1.165) is 0 Å². The Hall–Kier alpha value is -2.70. The second kappa shape index (κ2) is 6.84. The number of halogens is 1. The van der Waals surface area contributed by atoms with Crippen LogP contribution in [0.15, 0.2) is 36.5 Å². The molecule has 0 bridgehead atoms. The summed E-state index contributed by atoms with van der Waals surface area (Å²) in [4.78, 5) is 22.5. The quantitative estimate of drug-likeness (QED) is 0.855. The average Bonchev–Trinajstić information content (AvgIpc) is 2.96. The Morgan fingerprint density at radius 1 is 1.32 bits per heavy atom. The number of hydrogen-bond acceptors (Lipinski definition) is 3. The zero-order valence-electron chi connectivity index (χ0n) is 12.0. The highest BCUT2D eigenvalue weighted by molar-refractivity contribution is 5.92. The largest absolute Gasteiger partial charge is 0.481 e. The highest BCUT2D eigenvalue weighted by atomic mass is 19.1. The van der Waals surface area contributed by atoms with Gasteiger partial charge < -0.3 is 10.4 Å². The molecule has 6 nitrogen and oxygen atoms in total. The molecule has 0 aliphatic rings. The molecule has 1 unspecified atom stereocenters. The highest BCUT2D eigenvalue weighted by Gasteiger charge is 2.14. The van der Waals surface area contributed by atoms with Crippen molar-refractivity contribution in [2.75, 3.05) is 0 Å². The van der Waals surface area contributed by atoms with Gasteiger partial charge in [0.25, 0.3) is 5.91 Å². The summed E-state index contributed by atoms with van der Waals surface area (Å²) < 4.78 is 14.3. The molecule has 0 spiro atoms. The van der Waals surface area contributed by atoms with E-state index in [4.69, 9.17) is 5.11 Å². The van der Waals surface area contributed by atoms with Crippen LogP contribution in [-0.2, 0) is 4.79 Å². The lowest BCUT2D eigenvalue weighted by atomic mass is 10.2. The van der Waals surface area contributed by atoms with Gasteiger partial charge in [0, 0.05) is 18.7 Å². The molecule has 1 aromatic carbocycles. The molecule has 0 aliphatic heterocycles. The van der Waals surface area contributed by atoms with E-state index in [1.807, 2.05) is 0 Å². The molecule has 1 atom stereocenters. The van der Waals surface area contributed by atoms with E-state index in [1.165, 1.54) is 16.8 Å². The summed E-state index contributed by atoms with van der Waals surface area (Å²) in [5.41, 5.74) is 0.853. The van der Waals surface area contributed by atoms with E-state index in [9.17, 15) is 14.0 Å². The Morgan fingerprint density at radius 2 is 2.00 bits per heavy atom. The molecule has 0 saturated heterocycles. The summed E-state index contributed by atoms with van der Waals surface area (Å²) in [6.45, 7) is 1.73. The van der Waals surface area contributed by atoms with Crippen LogP contribution in [0.4, 0.5) is 4.39 Å². The third-order valence-corrected chi connectivity index (χ3v) is 3.08. The number of carbonyl (C=O) groups excluding carboxylic acids is 1. The molecule has 7 heteroatoms. The van der Waals surface area contributed by atoms with Crippen LogP contribution < -0.4 is 5.32 Å².